The number of piperidine rings is 1. The Balaban J connectivity index is 1.52. The first kappa shape index (κ1) is 12.8. The lowest BCUT2D eigenvalue weighted by Crippen LogP contribution is -2.37. The van der Waals surface area contributed by atoms with Gasteiger partial charge in [0.25, 0.3) is 0 Å². The molecule has 1 fully saturated rings. The molecule has 21 heavy (non-hydrogen) atoms. The second kappa shape index (κ2) is 5.44. The van der Waals surface area contributed by atoms with Crippen molar-refractivity contribution >= 4 is 26.7 Å². The molecule has 1 atom stereocenters. The molecule has 1 unspecified atom stereocenters. The average Bonchev–Trinajstić information content (AvgIpc) is 3.16. The number of aromatic nitrogens is 4. The van der Waals surface area contributed by atoms with Crippen molar-refractivity contribution in [2.24, 2.45) is 5.92 Å². The Morgan fingerprint density at radius 2 is 2.24 bits per heavy atom. The number of hydrogen-bond donors (Lipinski definition) is 0. The Hall–Kier alpha value is -1.95. The fourth-order valence-corrected chi connectivity index (χ4v) is 3.98. The smallest absolute Gasteiger partial charge is 0.186 e. The molecule has 0 aliphatic carbocycles. The summed E-state index contributed by atoms with van der Waals surface area (Å²) in [5, 5.41) is 5.37. The van der Waals surface area contributed by atoms with E-state index in [0.717, 1.165) is 30.3 Å². The molecule has 1 aromatic carbocycles. The lowest BCUT2D eigenvalue weighted by atomic mass is 9.98. The first-order valence-corrected chi connectivity index (χ1v) is 8.13. The Kier molecular flexibility index (Phi) is 3.31. The first-order chi connectivity index (χ1) is 10.4. The van der Waals surface area contributed by atoms with Gasteiger partial charge in [0.15, 0.2) is 5.13 Å². The standard InChI is InChI=1S/C15H17N5S/c1-2-6-14-13(5-1)18-15(21-14)19-7-3-4-12(8-19)9-20-11-16-10-17-20/h1-2,5-6,10-12H,3-4,7-9H2. The van der Waals surface area contributed by atoms with Crippen LogP contribution in [0.1, 0.15) is 12.8 Å². The Morgan fingerprint density at radius 3 is 3.10 bits per heavy atom. The van der Waals surface area contributed by atoms with Gasteiger partial charge in [-0.05, 0) is 30.9 Å². The van der Waals surface area contributed by atoms with Crippen LogP contribution in [0.4, 0.5) is 5.13 Å². The molecule has 0 bridgehead atoms. The van der Waals surface area contributed by atoms with E-state index in [4.69, 9.17) is 4.98 Å². The monoisotopic (exact) mass is 299 g/mol. The van der Waals surface area contributed by atoms with Gasteiger partial charge in [-0.3, -0.25) is 4.68 Å². The number of rotatable bonds is 3. The lowest BCUT2D eigenvalue weighted by molar-refractivity contribution is 0.351. The lowest BCUT2D eigenvalue weighted by Gasteiger charge is -2.32. The molecule has 0 amide bonds. The SMILES string of the molecule is c1ccc2sc(N3CCCC(Cn4cncn4)C3)nc2c1. The predicted octanol–water partition coefficient (Wildman–Crippen LogP) is 2.80. The van der Waals surface area contributed by atoms with E-state index in [1.165, 1.54) is 17.5 Å². The molecule has 108 valence electrons. The number of thiazole rings is 1. The van der Waals surface area contributed by atoms with Gasteiger partial charge in [-0.1, -0.05) is 23.5 Å². The Labute approximate surface area is 127 Å². The van der Waals surface area contributed by atoms with Crippen LogP contribution in [0, 0.1) is 5.92 Å². The maximum atomic E-state index is 4.78. The van der Waals surface area contributed by atoms with Crippen molar-refractivity contribution < 1.29 is 0 Å². The number of fused-ring (bicyclic) bond motifs is 1. The third kappa shape index (κ3) is 2.63. The quantitative estimate of drug-likeness (QED) is 0.746. The Bertz CT molecular complexity index is 688. The summed E-state index contributed by atoms with van der Waals surface area (Å²) in [5.74, 6) is 0.618. The van der Waals surface area contributed by atoms with Crippen molar-refractivity contribution in [1.82, 2.24) is 19.7 Å². The summed E-state index contributed by atoms with van der Waals surface area (Å²) < 4.78 is 3.21. The van der Waals surface area contributed by atoms with Crippen LogP contribution in [0.5, 0.6) is 0 Å². The molecule has 2 aromatic heterocycles. The van der Waals surface area contributed by atoms with E-state index in [9.17, 15) is 0 Å². The molecule has 0 radical (unpaired) electrons. The highest BCUT2D eigenvalue weighted by Gasteiger charge is 2.22. The minimum absolute atomic E-state index is 0.618. The molecule has 3 aromatic rings. The van der Waals surface area contributed by atoms with Gasteiger partial charge in [0.1, 0.15) is 12.7 Å². The maximum Gasteiger partial charge on any atom is 0.186 e. The van der Waals surface area contributed by atoms with Crippen molar-refractivity contribution in [3.05, 3.63) is 36.9 Å². The largest absolute Gasteiger partial charge is 0.348 e. The van der Waals surface area contributed by atoms with E-state index >= 15 is 0 Å². The zero-order chi connectivity index (χ0) is 14.1. The normalized spacial score (nSPS) is 19.2. The van der Waals surface area contributed by atoms with Gasteiger partial charge in [-0.15, -0.1) is 0 Å². The number of anilines is 1. The molecule has 1 saturated heterocycles. The highest BCUT2D eigenvalue weighted by atomic mass is 32.1. The van der Waals surface area contributed by atoms with Crippen LogP contribution in [-0.2, 0) is 6.54 Å². The third-order valence-electron chi connectivity index (χ3n) is 3.98. The van der Waals surface area contributed by atoms with Crippen molar-refractivity contribution in [2.45, 2.75) is 19.4 Å². The topological polar surface area (TPSA) is 46.8 Å². The minimum atomic E-state index is 0.618. The van der Waals surface area contributed by atoms with Crippen LogP contribution in [0.15, 0.2) is 36.9 Å². The van der Waals surface area contributed by atoms with Gasteiger partial charge < -0.3 is 4.90 Å². The zero-order valence-corrected chi connectivity index (χ0v) is 12.5. The van der Waals surface area contributed by atoms with Crippen molar-refractivity contribution in [3.63, 3.8) is 0 Å². The van der Waals surface area contributed by atoms with Gasteiger partial charge in [0.05, 0.1) is 10.2 Å². The fraction of sp³-hybridized carbons (Fsp3) is 0.400. The minimum Gasteiger partial charge on any atom is -0.348 e. The van der Waals surface area contributed by atoms with Gasteiger partial charge in [0.2, 0.25) is 0 Å². The molecule has 1 aliphatic heterocycles. The van der Waals surface area contributed by atoms with E-state index in [1.54, 1.807) is 24.0 Å². The molecule has 0 N–H and O–H groups in total. The van der Waals surface area contributed by atoms with Crippen LogP contribution in [0.2, 0.25) is 0 Å². The summed E-state index contributed by atoms with van der Waals surface area (Å²) in [6.45, 7) is 3.11. The average molecular weight is 299 g/mol. The predicted molar refractivity (Wildman–Crippen MR) is 84.6 cm³/mol. The molecular weight excluding hydrogens is 282 g/mol. The van der Waals surface area contributed by atoms with E-state index in [-0.39, 0.29) is 0 Å². The molecule has 0 saturated carbocycles. The van der Waals surface area contributed by atoms with Crippen LogP contribution in [0.25, 0.3) is 10.2 Å². The summed E-state index contributed by atoms with van der Waals surface area (Å²) in [4.78, 5) is 11.2. The van der Waals surface area contributed by atoms with Crippen molar-refractivity contribution in [2.75, 3.05) is 18.0 Å². The number of benzene rings is 1. The van der Waals surface area contributed by atoms with Crippen molar-refractivity contribution in [1.29, 1.82) is 0 Å². The summed E-state index contributed by atoms with van der Waals surface area (Å²) in [7, 11) is 0. The number of hydrogen-bond acceptors (Lipinski definition) is 5. The molecular formula is C15H17N5S. The number of nitrogens with zero attached hydrogens (tertiary/aromatic N) is 5. The van der Waals surface area contributed by atoms with Crippen LogP contribution in [-0.4, -0.2) is 32.8 Å². The third-order valence-corrected chi connectivity index (χ3v) is 5.08. The summed E-state index contributed by atoms with van der Waals surface area (Å²) in [6, 6.07) is 8.36. The van der Waals surface area contributed by atoms with Gasteiger partial charge in [0, 0.05) is 19.6 Å². The van der Waals surface area contributed by atoms with Gasteiger partial charge in [-0.2, -0.15) is 5.10 Å². The molecule has 4 rings (SSSR count). The highest BCUT2D eigenvalue weighted by molar-refractivity contribution is 7.22. The molecule has 3 heterocycles. The zero-order valence-electron chi connectivity index (χ0n) is 11.7. The second-order valence-electron chi connectivity index (χ2n) is 5.54. The molecule has 5 nitrogen and oxygen atoms in total. The fourth-order valence-electron chi connectivity index (χ4n) is 2.97. The summed E-state index contributed by atoms with van der Waals surface area (Å²) in [6.07, 6.45) is 5.88. The van der Waals surface area contributed by atoms with Crippen LogP contribution in [0.3, 0.4) is 0 Å². The summed E-state index contributed by atoms with van der Waals surface area (Å²) >= 11 is 1.79. The van der Waals surface area contributed by atoms with E-state index in [2.05, 4.69) is 39.2 Å². The van der Waals surface area contributed by atoms with Crippen LogP contribution >= 0.6 is 11.3 Å². The molecule has 1 aliphatic rings. The van der Waals surface area contributed by atoms with E-state index in [0.29, 0.717) is 5.92 Å². The Morgan fingerprint density at radius 1 is 1.29 bits per heavy atom. The van der Waals surface area contributed by atoms with E-state index < -0.39 is 0 Å². The van der Waals surface area contributed by atoms with Gasteiger partial charge in [-0.25, -0.2) is 9.97 Å². The maximum absolute atomic E-state index is 4.78. The second-order valence-corrected chi connectivity index (χ2v) is 6.55. The highest BCUT2D eigenvalue weighted by Crippen LogP contribution is 2.31. The molecule has 6 heteroatoms. The number of para-hydroxylation sites is 1. The van der Waals surface area contributed by atoms with E-state index in [1.807, 2.05) is 4.68 Å². The molecule has 0 spiro atoms. The van der Waals surface area contributed by atoms with Crippen LogP contribution < -0.4 is 4.90 Å². The van der Waals surface area contributed by atoms with Crippen molar-refractivity contribution in [3.8, 4) is 0 Å². The first-order valence-electron chi connectivity index (χ1n) is 7.31. The summed E-state index contributed by atoms with van der Waals surface area (Å²) in [5.41, 5.74) is 1.11. The van der Waals surface area contributed by atoms with Gasteiger partial charge >= 0.3 is 0 Å².